The maximum absolute atomic E-state index is 12.1. The third-order valence-corrected chi connectivity index (χ3v) is 3.23. The van der Waals surface area contributed by atoms with Crippen LogP contribution in [0.2, 0.25) is 0 Å². The van der Waals surface area contributed by atoms with E-state index in [9.17, 15) is 9.59 Å². The fourth-order valence-corrected chi connectivity index (χ4v) is 2.13. The Kier molecular flexibility index (Phi) is 8.87. The number of carbonyl (C=O) groups is 2. The zero-order chi connectivity index (χ0) is 16.9. The van der Waals surface area contributed by atoms with Gasteiger partial charge < -0.3 is 16.4 Å². The number of rotatable bonds is 6. The molecule has 23 heavy (non-hydrogen) atoms. The molecular weight excluding hydrogens is 314 g/mol. The largest absolute Gasteiger partial charge is 0.350 e. The van der Waals surface area contributed by atoms with Gasteiger partial charge in [0.15, 0.2) is 0 Å². The fourth-order valence-electron chi connectivity index (χ4n) is 2.13. The summed E-state index contributed by atoms with van der Waals surface area (Å²) in [5.74, 6) is -0.0194. The van der Waals surface area contributed by atoms with Crippen molar-refractivity contribution in [3.8, 4) is 0 Å². The summed E-state index contributed by atoms with van der Waals surface area (Å²) in [6.07, 6.45) is 0.623. The quantitative estimate of drug-likeness (QED) is 0.743. The Balaban J connectivity index is 0.00000484. The molecule has 0 unspecified atom stereocenters. The van der Waals surface area contributed by atoms with Gasteiger partial charge in [0.2, 0.25) is 5.91 Å². The van der Waals surface area contributed by atoms with Crippen LogP contribution in [0.5, 0.6) is 0 Å². The minimum absolute atomic E-state index is 0. The molecule has 1 aromatic carbocycles. The van der Waals surface area contributed by atoms with E-state index in [-0.39, 0.29) is 30.3 Å². The predicted molar refractivity (Wildman–Crippen MR) is 97.1 cm³/mol. The van der Waals surface area contributed by atoms with Crippen molar-refractivity contribution in [1.29, 1.82) is 0 Å². The predicted octanol–water partition coefficient (Wildman–Crippen LogP) is 2.87. The van der Waals surface area contributed by atoms with Crippen LogP contribution in [-0.2, 0) is 4.79 Å². The van der Waals surface area contributed by atoms with Crippen LogP contribution in [0.4, 0.5) is 5.69 Å². The van der Waals surface area contributed by atoms with E-state index in [1.807, 2.05) is 40.7 Å². The molecule has 130 valence electrons. The molecule has 1 rings (SSSR count). The number of anilines is 1. The normalized spacial score (nSPS) is 11.8. The van der Waals surface area contributed by atoms with Gasteiger partial charge in [0, 0.05) is 17.3 Å². The molecular formula is C17H28ClN3O2. The van der Waals surface area contributed by atoms with Crippen LogP contribution < -0.4 is 16.4 Å². The molecule has 0 aliphatic rings. The molecule has 0 fully saturated rings. The summed E-state index contributed by atoms with van der Waals surface area (Å²) in [4.78, 5) is 24.2. The number of aryl methyl sites for hydroxylation is 1. The number of hydrogen-bond acceptors (Lipinski definition) is 3. The van der Waals surface area contributed by atoms with E-state index in [0.717, 1.165) is 5.56 Å². The highest BCUT2D eigenvalue weighted by Crippen LogP contribution is 2.16. The number of hydrogen-bond donors (Lipinski definition) is 3. The molecule has 0 aromatic heterocycles. The maximum Gasteiger partial charge on any atom is 0.251 e. The highest BCUT2D eigenvalue weighted by atomic mass is 35.5. The Morgan fingerprint density at radius 2 is 1.78 bits per heavy atom. The molecule has 0 radical (unpaired) electrons. The molecule has 0 aliphatic heterocycles. The Morgan fingerprint density at radius 1 is 1.17 bits per heavy atom. The van der Waals surface area contributed by atoms with Gasteiger partial charge in [-0.25, -0.2) is 0 Å². The summed E-state index contributed by atoms with van der Waals surface area (Å²) < 4.78 is 0. The highest BCUT2D eigenvalue weighted by molar-refractivity contribution is 5.99. The number of carbonyl (C=O) groups excluding carboxylic acids is 2. The zero-order valence-electron chi connectivity index (χ0n) is 14.5. The second kappa shape index (κ2) is 9.53. The molecule has 2 amide bonds. The van der Waals surface area contributed by atoms with Crippen molar-refractivity contribution in [3.05, 3.63) is 29.3 Å². The van der Waals surface area contributed by atoms with Crippen molar-refractivity contribution in [2.24, 2.45) is 11.7 Å². The smallest absolute Gasteiger partial charge is 0.251 e. The van der Waals surface area contributed by atoms with Gasteiger partial charge in [-0.15, -0.1) is 12.4 Å². The molecule has 6 heteroatoms. The Morgan fingerprint density at radius 3 is 2.30 bits per heavy atom. The minimum Gasteiger partial charge on any atom is -0.350 e. The van der Waals surface area contributed by atoms with E-state index in [4.69, 9.17) is 5.73 Å². The third-order valence-electron chi connectivity index (χ3n) is 3.23. The van der Waals surface area contributed by atoms with Crippen LogP contribution in [0.1, 0.15) is 50.0 Å². The Bertz CT molecular complexity index is 545. The number of halogens is 1. The third kappa shape index (κ3) is 7.01. The number of amides is 2. The Hall–Kier alpha value is -1.59. The fraction of sp³-hybridized carbons (Fsp3) is 0.529. The zero-order valence-corrected chi connectivity index (χ0v) is 15.3. The van der Waals surface area contributed by atoms with E-state index in [0.29, 0.717) is 23.6 Å². The summed E-state index contributed by atoms with van der Waals surface area (Å²) in [5, 5.41) is 5.63. The second-order valence-electron chi connectivity index (χ2n) is 6.38. The van der Waals surface area contributed by atoms with E-state index in [2.05, 4.69) is 10.6 Å². The molecule has 1 atom stereocenters. The van der Waals surface area contributed by atoms with Crippen LogP contribution in [0.25, 0.3) is 0 Å². The highest BCUT2D eigenvalue weighted by Gasteiger charge is 2.16. The van der Waals surface area contributed by atoms with Crippen LogP contribution in [0.3, 0.4) is 0 Å². The summed E-state index contributed by atoms with van der Waals surface area (Å²) in [6, 6.07) is 4.80. The Labute approximate surface area is 144 Å². The second-order valence-corrected chi connectivity index (χ2v) is 6.38. The monoisotopic (exact) mass is 341 g/mol. The van der Waals surface area contributed by atoms with Gasteiger partial charge in [-0.1, -0.05) is 19.9 Å². The topological polar surface area (TPSA) is 84.2 Å². The van der Waals surface area contributed by atoms with Gasteiger partial charge in [-0.3, -0.25) is 9.59 Å². The summed E-state index contributed by atoms with van der Waals surface area (Å²) in [6.45, 7) is 9.72. The van der Waals surface area contributed by atoms with Crippen molar-refractivity contribution in [2.45, 2.75) is 53.1 Å². The molecule has 5 nitrogen and oxygen atoms in total. The van der Waals surface area contributed by atoms with E-state index in [1.165, 1.54) is 0 Å². The summed E-state index contributed by atoms with van der Waals surface area (Å²) in [5.41, 5.74) is 7.88. The van der Waals surface area contributed by atoms with Crippen LogP contribution in [-0.4, -0.2) is 23.9 Å². The first-order chi connectivity index (χ1) is 10.2. The van der Waals surface area contributed by atoms with Gasteiger partial charge in [0.25, 0.3) is 5.91 Å². The maximum atomic E-state index is 12.1. The van der Waals surface area contributed by atoms with Crippen LogP contribution >= 0.6 is 12.4 Å². The van der Waals surface area contributed by atoms with Crippen molar-refractivity contribution >= 4 is 29.9 Å². The lowest BCUT2D eigenvalue weighted by atomic mass is 10.0. The molecule has 4 N–H and O–H groups in total. The first-order valence-electron chi connectivity index (χ1n) is 7.68. The van der Waals surface area contributed by atoms with Crippen LogP contribution in [0, 0.1) is 12.8 Å². The SMILES string of the molecule is Cc1ccc(NC(=O)[C@@H](N)CC(C)C)cc1C(=O)NC(C)C.Cl. The first-order valence-corrected chi connectivity index (χ1v) is 7.68. The van der Waals surface area contributed by atoms with Gasteiger partial charge in [0.05, 0.1) is 6.04 Å². The summed E-state index contributed by atoms with van der Waals surface area (Å²) >= 11 is 0. The molecule has 0 bridgehead atoms. The lowest BCUT2D eigenvalue weighted by Gasteiger charge is -2.16. The molecule has 0 heterocycles. The molecule has 0 saturated carbocycles. The van der Waals surface area contributed by atoms with Gasteiger partial charge in [-0.2, -0.15) is 0 Å². The molecule has 0 spiro atoms. The molecule has 1 aromatic rings. The lowest BCUT2D eigenvalue weighted by Crippen LogP contribution is -2.36. The van der Waals surface area contributed by atoms with Gasteiger partial charge in [-0.05, 0) is 50.8 Å². The van der Waals surface area contributed by atoms with E-state index < -0.39 is 6.04 Å². The minimum atomic E-state index is -0.547. The molecule has 0 aliphatic carbocycles. The average Bonchev–Trinajstić information content (AvgIpc) is 2.39. The average molecular weight is 342 g/mol. The van der Waals surface area contributed by atoms with E-state index in [1.54, 1.807) is 12.1 Å². The van der Waals surface area contributed by atoms with Crippen LogP contribution in [0.15, 0.2) is 18.2 Å². The van der Waals surface area contributed by atoms with Crippen molar-refractivity contribution in [2.75, 3.05) is 5.32 Å². The summed E-state index contributed by atoms with van der Waals surface area (Å²) in [7, 11) is 0. The molecule has 0 saturated heterocycles. The standard InChI is InChI=1S/C17H27N3O2.ClH/c1-10(2)8-15(18)17(22)20-13-7-6-12(5)14(9-13)16(21)19-11(3)4;/h6-7,9-11,15H,8,18H2,1-5H3,(H,19,21)(H,20,22);1H/t15-;/m0./s1. The van der Waals surface area contributed by atoms with Crippen molar-refractivity contribution in [3.63, 3.8) is 0 Å². The van der Waals surface area contributed by atoms with Gasteiger partial charge in [0.1, 0.15) is 0 Å². The number of nitrogens with one attached hydrogen (secondary N) is 2. The van der Waals surface area contributed by atoms with Crippen molar-refractivity contribution < 1.29 is 9.59 Å². The van der Waals surface area contributed by atoms with E-state index >= 15 is 0 Å². The number of benzene rings is 1. The van der Waals surface area contributed by atoms with Gasteiger partial charge >= 0.3 is 0 Å². The lowest BCUT2D eigenvalue weighted by molar-refractivity contribution is -0.117. The van der Waals surface area contributed by atoms with Crippen molar-refractivity contribution in [1.82, 2.24) is 5.32 Å². The number of nitrogens with two attached hydrogens (primary N) is 1. The first kappa shape index (κ1) is 21.4.